The van der Waals surface area contributed by atoms with Crippen molar-refractivity contribution < 1.29 is 18.3 Å². The van der Waals surface area contributed by atoms with Gasteiger partial charge in [0.2, 0.25) is 5.91 Å². The van der Waals surface area contributed by atoms with E-state index in [1.807, 2.05) is 0 Å². The van der Waals surface area contributed by atoms with Gasteiger partial charge in [-0.25, -0.2) is 8.42 Å². The Balaban J connectivity index is 2.51. The van der Waals surface area contributed by atoms with Gasteiger partial charge in [-0.2, -0.15) is 0 Å². The van der Waals surface area contributed by atoms with Crippen molar-refractivity contribution in [3.63, 3.8) is 0 Å². The number of hydrogen-bond acceptors (Lipinski definition) is 4. The third-order valence-corrected chi connectivity index (χ3v) is 4.03. The molecule has 1 rings (SSSR count). The van der Waals surface area contributed by atoms with Crippen molar-refractivity contribution in [2.45, 2.75) is 24.3 Å². The molecule has 1 aromatic rings. The molecule has 1 aromatic carbocycles. The summed E-state index contributed by atoms with van der Waals surface area (Å²) in [7, 11) is -3.42. The van der Waals surface area contributed by atoms with E-state index in [2.05, 4.69) is 5.32 Å². The van der Waals surface area contributed by atoms with Gasteiger partial charge in [0.05, 0.1) is 16.8 Å². The molecule has 0 aliphatic carbocycles. The highest BCUT2D eigenvalue weighted by Crippen LogP contribution is 2.10. The lowest BCUT2D eigenvalue weighted by Gasteiger charge is -2.07. The van der Waals surface area contributed by atoms with Gasteiger partial charge in [-0.05, 0) is 19.1 Å². The molecule has 1 amide bonds. The molecule has 2 N–H and O–H groups in total. The fourth-order valence-electron chi connectivity index (χ4n) is 1.32. The molecule has 1 atom stereocenters. The van der Waals surface area contributed by atoms with Crippen LogP contribution in [0.3, 0.4) is 0 Å². The highest BCUT2D eigenvalue weighted by atomic mass is 32.2. The molecule has 0 aromatic heterocycles. The van der Waals surface area contributed by atoms with Crippen LogP contribution in [0.4, 0.5) is 0 Å². The molecule has 6 heteroatoms. The van der Waals surface area contributed by atoms with Gasteiger partial charge < -0.3 is 10.4 Å². The predicted molar refractivity (Wildman–Crippen MR) is 67.8 cm³/mol. The molecule has 18 heavy (non-hydrogen) atoms. The SMILES string of the molecule is C[C@H](O)CNC(=O)CCS(=O)(=O)c1ccccc1. The standard InChI is InChI=1S/C12H17NO4S/c1-10(14)9-13-12(15)7-8-18(16,17)11-5-3-2-4-6-11/h2-6,10,14H,7-9H2,1H3,(H,13,15)/t10-/m0/s1. The number of aliphatic hydroxyl groups excluding tert-OH is 1. The van der Waals surface area contributed by atoms with E-state index in [1.54, 1.807) is 25.1 Å². The Labute approximate surface area is 107 Å². The predicted octanol–water partition coefficient (Wildman–Crippen LogP) is 0.347. The van der Waals surface area contributed by atoms with Gasteiger partial charge in [0.1, 0.15) is 0 Å². The summed E-state index contributed by atoms with van der Waals surface area (Å²) in [6.07, 6.45) is -0.746. The first-order chi connectivity index (χ1) is 8.42. The summed E-state index contributed by atoms with van der Waals surface area (Å²) in [5.41, 5.74) is 0. The van der Waals surface area contributed by atoms with E-state index in [-0.39, 0.29) is 29.5 Å². The summed E-state index contributed by atoms with van der Waals surface area (Å²) in [4.78, 5) is 11.6. The van der Waals surface area contributed by atoms with Crippen molar-refractivity contribution in [1.29, 1.82) is 0 Å². The first-order valence-corrected chi connectivity index (χ1v) is 7.29. The summed E-state index contributed by atoms with van der Waals surface area (Å²) in [6.45, 7) is 1.67. The summed E-state index contributed by atoms with van der Waals surface area (Å²) < 4.78 is 23.7. The lowest BCUT2D eigenvalue weighted by atomic mass is 10.4. The molecular weight excluding hydrogens is 254 g/mol. The van der Waals surface area contributed by atoms with Crippen molar-refractivity contribution in [3.8, 4) is 0 Å². The maximum Gasteiger partial charge on any atom is 0.221 e. The van der Waals surface area contributed by atoms with Gasteiger partial charge in [0.25, 0.3) is 0 Å². The van der Waals surface area contributed by atoms with Crippen LogP contribution < -0.4 is 5.32 Å². The number of carbonyl (C=O) groups excluding carboxylic acids is 1. The van der Waals surface area contributed by atoms with Crippen molar-refractivity contribution >= 4 is 15.7 Å². The number of nitrogens with one attached hydrogen (secondary N) is 1. The lowest BCUT2D eigenvalue weighted by Crippen LogP contribution is -2.31. The van der Waals surface area contributed by atoms with E-state index < -0.39 is 15.9 Å². The molecule has 0 heterocycles. The fraction of sp³-hybridized carbons (Fsp3) is 0.417. The molecule has 0 saturated carbocycles. The van der Waals surface area contributed by atoms with Gasteiger partial charge in [-0.3, -0.25) is 4.79 Å². The Bertz CT molecular complexity index is 482. The second-order valence-corrected chi connectivity index (χ2v) is 6.14. The molecule has 0 spiro atoms. The van der Waals surface area contributed by atoms with Gasteiger partial charge >= 0.3 is 0 Å². The van der Waals surface area contributed by atoms with Crippen LogP contribution in [0.15, 0.2) is 35.2 Å². The number of sulfone groups is 1. The summed E-state index contributed by atoms with van der Waals surface area (Å²) in [6, 6.07) is 8.02. The van der Waals surface area contributed by atoms with Gasteiger partial charge in [-0.15, -0.1) is 0 Å². The third kappa shape index (κ3) is 4.85. The topological polar surface area (TPSA) is 83.5 Å². The monoisotopic (exact) mass is 271 g/mol. The van der Waals surface area contributed by atoms with E-state index in [4.69, 9.17) is 5.11 Å². The van der Waals surface area contributed by atoms with Gasteiger partial charge in [0, 0.05) is 13.0 Å². The van der Waals surface area contributed by atoms with Crippen LogP contribution in [-0.4, -0.2) is 37.8 Å². The maximum absolute atomic E-state index is 11.8. The number of amides is 1. The molecule has 0 unspecified atom stereocenters. The molecule has 0 bridgehead atoms. The van der Waals surface area contributed by atoms with Crippen LogP contribution in [0.2, 0.25) is 0 Å². The van der Waals surface area contributed by atoms with E-state index >= 15 is 0 Å². The zero-order valence-corrected chi connectivity index (χ0v) is 11.0. The fourth-order valence-corrected chi connectivity index (χ4v) is 2.58. The normalized spacial score (nSPS) is 13.0. The smallest absolute Gasteiger partial charge is 0.221 e. The van der Waals surface area contributed by atoms with Crippen LogP contribution in [0.25, 0.3) is 0 Å². The molecule has 0 aliphatic rings. The van der Waals surface area contributed by atoms with Crippen LogP contribution in [0.1, 0.15) is 13.3 Å². The summed E-state index contributed by atoms with van der Waals surface area (Å²) in [5.74, 6) is -0.613. The third-order valence-electron chi connectivity index (χ3n) is 2.29. The molecular formula is C12H17NO4S. The average molecular weight is 271 g/mol. The van der Waals surface area contributed by atoms with Crippen LogP contribution in [0, 0.1) is 0 Å². The number of hydrogen-bond donors (Lipinski definition) is 2. The first-order valence-electron chi connectivity index (χ1n) is 5.64. The first kappa shape index (κ1) is 14.7. The van der Waals surface area contributed by atoms with E-state index in [0.717, 1.165) is 0 Å². The van der Waals surface area contributed by atoms with Crippen molar-refractivity contribution in [2.75, 3.05) is 12.3 Å². The van der Waals surface area contributed by atoms with Crippen LogP contribution in [0.5, 0.6) is 0 Å². The minimum atomic E-state index is -3.42. The summed E-state index contributed by atoms with van der Waals surface area (Å²) in [5, 5.41) is 11.4. The Morgan fingerprint density at radius 3 is 2.50 bits per heavy atom. The molecule has 0 saturated heterocycles. The second kappa shape index (κ2) is 6.51. The number of carbonyl (C=O) groups is 1. The largest absolute Gasteiger partial charge is 0.392 e. The quantitative estimate of drug-likeness (QED) is 0.782. The minimum Gasteiger partial charge on any atom is -0.392 e. The number of benzene rings is 1. The van der Waals surface area contributed by atoms with E-state index in [9.17, 15) is 13.2 Å². The zero-order valence-electron chi connectivity index (χ0n) is 10.2. The Morgan fingerprint density at radius 2 is 1.94 bits per heavy atom. The van der Waals surface area contributed by atoms with Crippen LogP contribution in [-0.2, 0) is 14.6 Å². The van der Waals surface area contributed by atoms with Crippen molar-refractivity contribution in [2.24, 2.45) is 0 Å². The molecule has 0 fully saturated rings. The van der Waals surface area contributed by atoms with E-state index in [1.165, 1.54) is 12.1 Å². The van der Waals surface area contributed by atoms with Gasteiger partial charge in [0.15, 0.2) is 9.84 Å². The molecule has 5 nitrogen and oxygen atoms in total. The molecule has 0 aliphatic heterocycles. The highest BCUT2D eigenvalue weighted by molar-refractivity contribution is 7.91. The number of rotatable bonds is 6. The van der Waals surface area contributed by atoms with Crippen LogP contribution >= 0.6 is 0 Å². The Kier molecular flexibility index (Phi) is 5.30. The zero-order chi connectivity index (χ0) is 13.6. The second-order valence-electron chi connectivity index (χ2n) is 4.04. The Morgan fingerprint density at radius 1 is 1.33 bits per heavy atom. The highest BCUT2D eigenvalue weighted by Gasteiger charge is 2.15. The average Bonchev–Trinajstić information content (AvgIpc) is 2.35. The van der Waals surface area contributed by atoms with E-state index in [0.29, 0.717) is 0 Å². The van der Waals surface area contributed by atoms with Gasteiger partial charge in [-0.1, -0.05) is 18.2 Å². The number of aliphatic hydroxyl groups is 1. The molecule has 100 valence electrons. The Hall–Kier alpha value is -1.40. The summed E-state index contributed by atoms with van der Waals surface area (Å²) >= 11 is 0. The molecule has 0 radical (unpaired) electrons. The van der Waals surface area contributed by atoms with Crippen molar-refractivity contribution in [1.82, 2.24) is 5.32 Å². The maximum atomic E-state index is 11.8. The lowest BCUT2D eigenvalue weighted by molar-refractivity contribution is -0.121. The van der Waals surface area contributed by atoms with Crippen molar-refractivity contribution in [3.05, 3.63) is 30.3 Å². The minimum absolute atomic E-state index is 0.107.